The largest absolute Gasteiger partial charge is 0.497 e. The first-order valence-electron chi connectivity index (χ1n) is 10.4. The maximum atomic E-state index is 12.7. The Morgan fingerprint density at radius 1 is 1.36 bits per heavy atom. The Balaban J connectivity index is 1.55. The molecule has 0 aromatic heterocycles. The minimum absolute atomic E-state index is 0.179. The van der Waals surface area contributed by atoms with Gasteiger partial charge in [-0.2, -0.15) is 5.26 Å². The predicted molar refractivity (Wildman–Crippen MR) is 110 cm³/mol. The number of nitriles is 1. The van der Waals surface area contributed by atoms with Crippen molar-refractivity contribution in [3.05, 3.63) is 24.3 Å². The van der Waals surface area contributed by atoms with E-state index in [1.165, 1.54) is 32.1 Å². The molecule has 0 radical (unpaired) electrons. The Bertz CT molecular complexity index is 701. The second-order valence-corrected chi connectivity index (χ2v) is 8.22. The number of anilines is 1. The summed E-state index contributed by atoms with van der Waals surface area (Å²) < 4.78 is 5.30. The molecule has 1 aromatic carbocycles. The van der Waals surface area contributed by atoms with Gasteiger partial charge >= 0.3 is 0 Å². The van der Waals surface area contributed by atoms with Gasteiger partial charge in [0.15, 0.2) is 0 Å². The Labute approximate surface area is 168 Å². The zero-order valence-electron chi connectivity index (χ0n) is 16.8. The number of ether oxygens (including phenoxy) is 1. The van der Waals surface area contributed by atoms with Crippen LogP contribution in [-0.2, 0) is 4.79 Å². The fraction of sp³-hybridized carbons (Fsp3) is 0.636. The summed E-state index contributed by atoms with van der Waals surface area (Å²) in [6.07, 6.45) is 8.00. The molecule has 1 amide bonds. The van der Waals surface area contributed by atoms with Crippen molar-refractivity contribution < 1.29 is 9.53 Å². The van der Waals surface area contributed by atoms with E-state index in [-0.39, 0.29) is 5.91 Å². The van der Waals surface area contributed by atoms with Crippen molar-refractivity contribution >= 4 is 11.6 Å². The summed E-state index contributed by atoms with van der Waals surface area (Å²) >= 11 is 0. The van der Waals surface area contributed by atoms with E-state index in [4.69, 9.17) is 10.5 Å². The average molecular weight is 385 g/mol. The third kappa shape index (κ3) is 4.96. The Morgan fingerprint density at radius 2 is 2.07 bits per heavy atom. The lowest BCUT2D eigenvalue weighted by Crippen LogP contribution is -2.58. The summed E-state index contributed by atoms with van der Waals surface area (Å²) in [6.45, 7) is 1.41. The van der Waals surface area contributed by atoms with E-state index < -0.39 is 11.6 Å². The van der Waals surface area contributed by atoms with E-state index in [1.807, 2.05) is 24.3 Å². The molecular weight excluding hydrogens is 352 g/mol. The zero-order valence-corrected chi connectivity index (χ0v) is 16.8. The van der Waals surface area contributed by atoms with Crippen molar-refractivity contribution in [2.24, 2.45) is 11.7 Å². The number of rotatable bonds is 6. The summed E-state index contributed by atoms with van der Waals surface area (Å²) in [5.74, 6) is 1.18. The normalized spacial score (nSPS) is 20.8. The van der Waals surface area contributed by atoms with Crippen LogP contribution in [0.5, 0.6) is 5.75 Å². The first kappa shape index (κ1) is 20.5. The third-order valence-corrected chi connectivity index (χ3v) is 6.26. The van der Waals surface area contributed by atoms with E-state index in [2.05, 4.69) is 16.3 Å². The second-order valence-electron chi connectivity index (χ2n) is 8.22. The van der Waals surface area contributed by atoms with Crippen molar-refractivity contribution in [1.82, 2.24) is 5.32 Å². The highest BCUT2D eigenvalue weighted by atomic mass is 16.5. The SMILES string of the molecule is COc1cccc(N2CCC(C#N)(NC(=O)C(N)CC3CCCCC3)CC2)c1. The first-order valence-corrected chi connectivity index (χ1v) is 10.4. The number of carbonyl (C=O) groups is 1. The van der Waals surface area contributed by atoms with Gasteiger partial charge in [-0.15, -0.1) is 0 Å². The molecule has 1 aliphatic heterocycles. The average Bonchev–Trinajstić information content (AvgIpc) is 2.75. The fourth-order valence-electron chi connectivity index (χ4n) is 4.44. The fourth-order valence-corrected chi connectivity index (χ4v) is 4.44. The van der Waals surface area contributed by atoms with E-state index in [1.54, 1.807) is 7.11 Å². The molecule has 3 rings (SSSR count). The molecule has 1 atom stereocenters. The maximum absolute atomic E-state index is 12.7. The monoisotopic (exact) mass is 384 g/mol. The molecular formula is C22H32N4O2. The molecule has 0 spiro atoms. The molecule has 28 heavy (non-hydrogen) atoms. The number of piperidine rings is 1. The van der Waals surface area contributed by atoms with E-state index in [0.29, 0.717) is 31.8 Å². The van der Waals surface area contributed by atoms with Crippen LogP contribution in [0.25, 0.3) is 0 Å². The number of nitrogens with zero attached hydrogens (tertiary/aromatic N) is 2. The van der Waals surface area contributed by atoms with Gasteiger partial charge in [0, 0.05) is 37.7 Å². The molecule has 1 unspecified atom stereocenters. The third-order valence-electron chi connectivity index (χ3n) is 6.26. The Kier molecular flexibility index (Phi) is 6.79. The van der Waals surface area contributed by atoms with Gasteiger partial charge < -0.3 is 20.7 Å². The van der Waals surface area contributed by atoms with Crippen LogP contribution in [-0.4, -0.2) is 37.7 Å². The van der Waals surface area contributed by atoms with Gasteiger partial charge in [0.2, 0.25) is 5.91 Å². The van der Waals surface area contributed by atoms with Crippen LogP contribution >= 0.6 is 0 Å². The lowest BCUT2D eigenvalue weighted by Gasteiger charge is -2.39. The lowest BCUT2D eigenvalue weighted by molar-refractivity contribution is -0.124. The molecule has 6 heteroatoms. The Hall–Kier alpha value is -2.26. The number of nitrogens with one attached hydrogen (secondary N) is 1. The van der Waals surface area contributed by atoms with Crippen molar-refractivity contribution in [3.8, 4) is 11.8 Å². The van der Waals surface area contributed by atoms with Crippen molar-refractivity contribution in [1.29, 1.82) is 5.26 Å². The molecule has 6 nitrogen and oxygen atoms in total. The van der Waals surface area contributed by atoms with Gasteiger partial charge in [-0.3, -0.25) is 4.79 Å². The highest BCUT2D eigenvalue weighted by Crippen LogP contribution is 2.29. The quantitative estimate of drug-likeness (QED) is 0.787. The number of hydrogen-bond donors (Lipinski definition) is 2. The number of benzene rings is 1. The van der Waals surface area contributed by atoms with Crippen LogP contribution in [0, 0.1) is 17.2 Å². The molecule has 3 N–H and O–H groups in total. The highest BCUT2D eigenvalue weighted by molar-refractivity contribution is 5.82. The topological polar surface area (TPSA) is 91.4 Å². The standard InChI is InChI=1S/C22H32N4O2/c1-28-19-9-5-8-18(15-19)26-12-10-22(16-23,11-13-26)25-21(27)20(24)14-17-6-3-2-4-7-17/h5,8-9,15,17,20H,2-4,6-7,10-14,24H2,1H3,(H,25,27). The number of nitrogens with two attached hydrogens (primary N) is 1. The Morgan fingerprint density at radius 3 is 2.71 bits per heavy atom. The van der Waals surface area contributed by atoms with Gasteiger partial charge in [-0.05, 0) is 24.5 Å². The minimum atomic E-state index is -0.823. The molecule has 2 aliphatic rings. The molecule has 152 valence electrons. The molecule has 1 heterocycles. The summed E-state index contributed by atoms with van der Waals surface area (Å²) in [7, 11) is 1.65. The smallest absolute Gasteiger partial charge is 0.238 e. The van der Waals surface area contributed by atoms with Crippen LogP contribution in [0.3, 0.4) is 0 Å². The molecule has 1 aliphatic carbocycles. The molecule has 1 aromatic rings. The van der Waals surface area contributed by atoms with Gasteiger partial charge in [0.1, 0.15) is 11.3 Å². The van der Waals surface area contributed by atoms with Crippen molar-refractivity contribution in [2.75, 3.05) is 25.1 Å². The number of methoxy groups -OCH3 is 1. The van der Waals surface area contributed by atoms with Crippen molar-refractivity contribution in [3.63, 3.8) is 0 Å². The molecule has 0 bridgehead atoms. The zero-order chi connectivity index (χ0) is 20.0. The van der Waals surface area contributed by atoms with Crippen LogP contribution in [0.4, 0.5) is 5.69 Å². The minimum Gasteiger partial charge on any atom is -0.497 e. The summed E-state index contributed by atoms with van der Waals surface area (Å²) in [5.41, 5.74) is 6.44. The predicted octanol–water partition coefficient (Wildman–Crippen LogP) is 2.97. The molecule has 2 fully saturated rings. The van der Waals surface area contributed by atoms with Crippen LogP contribution in [0.1, 0.15) is 51.4 Å². The maximum Gasteiger partial charge on any atom is 0.238 e. The lowest BCUT2D eigenvalue weighted by atomic mass is 9.84. The van der Waals surface area contributed by atoms with Crippen LogP contribution in [0.15, 0.2) is 24.3 Å². The summed E-state index contributed by atoms with van der Waals surface area (Å²) in [5, 5.41) is 12.8. The summed E-state index contributed by atoms with van der Waals surface area (Å²) in [6, 6.07) is 9.76. The van der Waals surface area contributed by atoms with Gasteiger partial charge in [-0.25, -0.2) is 0 Å². The highest BCUT2D eigenvalue weighted by Gasteiger charge is 2.37. The summed E-state index contributed by atoms with van der Waals surface area (Å²) in [4.78, 5) is 14.9. The van der Waals surface area contributed by atoms with E-state index in [9.17, 15) is 10.1 Å². The number of amides is 1. The number of carbonyl (C=O) groups excluding carboxylic acids is 1. The second kappa shape index (κ2) is 9.29. The van der Waals surface area contributed by atoms with Crippen LogP contribution in [0.2, 0.25) is 0 Å². The molecule has 1 saturated carbocycles. The molecule has 1 saturated heterocycles. The number of hydrogen-bond acceptors (Lipinski definition) is 5. The first-order chi connectivity index (χ1) is 13.5. The van der Waals surface area contributed by atoms with Gasteiger partial charge in [0.05, 0.1) is 19.2 Å². The van der Waals surface area contributed by atoms with E-state index in [0.717, 1.165) is 17.9 Å². The van der Waals surface area contributed by atoms with Crippen molar-refractivity contribution in [2.45, 2.75) is 62.9 Å². The van der Waals surface area contributed by atoms with Gasteiger partial charge in [0.25, 0.3) is 0 Å². The van der Waals surface area contributed by atoms with Crippen LogP contribution < -0.4 is 20.7 Å². The van der Waals surface area contributed by atoms with Gasteiger partial charge in [-0.1, -0.05) is 38.2 Å². The van der Waals surface area contributed by atoms with E-state index >= 15 is 0 Å².